The van der Waals surface area contributed by atoms with Gasteiger partial charge in [-0.25, -0.2) is 0 Å². The van der Waals surface area contributed by atoms with E-state index in [1.807, 2.05) is 30.3 Å². The molecule has 0 aromatic heterocycles. The van der Waals surface area contributed by atoms with E-state index in [4.69, 9.17) is 21.1 Å². The van der Waals surface area contributed by atoms with Crippen LogP contribution >= 0.6 is 11.6 Å². The number of methoxy groups -OCH3 is 1. The lowest BCUT2D eigenvalue weighted by molar-refractivity contribution is 0.101. The normalized spacial score (nSPS) is 10.2. The van der Waals surface area contributed by atoms with Gasteiger partial charge < -0.3 is 9.47 Å². The first-order chi connectivity index (χ1) is 9.61. The van der Waals surface area contributed by atoms with E-state index in [9.17, 15) is 4.79 Å². The molecule has 0 bridgehead atoms. The maximum Gasteiger partial charge on any atom is 0.163 e. The van der Waals surface area contributed by atoms with Crippen LogP contribution in [0.15, 0.2) is 42.5 Å². The molecule has 2 aromatic carbocycles. The van der Waals surface area contributed by atoms with Gasteiger partial charge >= 0.3 is 0 Å². The van der Waals surface area contributed by atoms with Crippen LogP contribution in [0.4, 0.5) is 0 Å². The Kier molecular flexibility index (Phi) is 4.64. The Balaban J connectivity index is 2.22. The molecule has 0 fully saturated rings. The quantitative estimate of drug-likeness (QED) is 0.777. The molecule has 3 nitrogen and oxygen atoms in total. The molecule has 104 valence electrons. The topological polar surface area (TPSA) is 35.5 Å². The van der Waals surface area contributed by atoms with Gasteiger partial charge in [0.05, 0.1) is 17.7 Å². The van der Waals surface area contributed by atoms with Gasteiger partial charge in [0.1, 0.15) is 18.1 Å². The highest BCUT2D eigenvalue weighted by Gasteiger charge is 2.13. The highest BCUT2D eigenvalue weighted by molar-refractivity contribution is 6.32. The fraction of sp³-hybridized carbons (Fsp3) is 0.188. The Bertz CT molecular complexity index is 609. The third kappa shape index (κ3) is 3.31. The Morgan fingerprint density at radius 1 is 1.15 bits per heavy atom. The summed E-state index contributed by atoms with van der Waals surface area (Å²) in [6.07, 6.45) is 0. The minimum absolute atomic E-state index is 0.0987. The maximum absolute atomic E-state index is 11.5. The molecular weight excluding hydrogens is 276 g/mol. The lowest BCUT2D eigenvalue weighted by Gasteiger charge is -2.12. The molecule has 0 aliphatic heterocycles. The summed E-state index contributed by atoms with van der Waals surface area (Å²) >= 11 is 6.14. The minimum Gasteiger partial charge on any atom is -0.496 e. The van der Waals surface area contributed by atoms with Crippen LogP contribution in [-0.2, 0) is 6.61 Å². The zero-order valence-corrected chi connectivity index (χ0v) is 12.1. The number of hydrogen-bond donors (Lipinski definition) is 0. The molecule has 0 heterocycles. The highest BCUT2D eigenvalue weighted by atomic mass is 35.5. The van der Waals surface area contributed by atoms with E-state index >= 15 is 0 Å². The van der Waals surface area contributed by atoms with Crippen LogP contribution in [0.1, 0.15) is 22.8 Å². The predicted octanol–water partition coefficient (Wildman–Crippen LogP) is 4.13. The zero-order chi connectivity index (χ0) is 14.5. The summed E-state index contributed by atoms with van der Waals surface area (Å²) in [4.78, 5) is 11.5. The monoisotopic (exact) mass is 290 g/mol. The van der Waals surface area contributed by atoms with Gasteiger partial charge in [-0.1, -0.05) is 41.9 Å². The molecule has 0 radical (unpaired) electrons. The largest absolute Gasteiger partial charge is 0.496 e. The van der Waals surface area contributed by atoms with Crippen molar-refractivity contribution in [3.8, 4) is 11.5 Å². The van der Waals surface area contributed by atoms with Crippen molar-refractivity contribution in [3.05, 3.63) is 58.6 Å². The molecule has 2 aromatic rings. The molecule has 4 heteroatoms. The Hall–Kier alpha value is -2.00. The minimum atomic E-state index is -0.0987. The summed E-state index contributed by atoms with van der Waals surface area (Å²) in [5, 5.41) is 0.395. The fourth-order valence-corrected chi connectivity index (χ4v) is 2.04. The SMILES string of the molecule is COc1cc(OCc2ccccc2)c(Cl)cc1C(C)=O. The zero-order valence-electron chi connectivity index (χ0n) is 11.4. The van der Waals surface area contributed by atoms with Crippen LogP contribution in [0.2, 0.25) is 5.02 Å². The average Bonchev–Trinajstić information content (AvgIpc) is 2.46. The number of ether oxygens (including phenoxy) is 2. The van der Waals surface area contributed by atoms with E-state index in [0.29, 0.717) is 28.7 Å². The van der Waals surface area contributed by atoms with Crippen LogP contribution < -0.4 is 9.47 Å². The summed E-state index contributed by atoms with van der Waals surface area (Å²) in [5.41, 5.74) is 1.49. The van der Waals surface area contributed by atoms with Gasteiger partial charge in [-0.15, -0.1) is 0 Å². The van der Waals surface area contributed by atoms with Crippen LogP contribution in [0.25, 0.3) is 0 Å². The van der Waals surface area contributed by atoms with Gasteiger partial charge in [0.15, 0.2) is 5.78 Å². The second-order valence-corrected chi connectivity index (χ2v) is 4.72. The molecular formula is C16H15ClO3. The lowest BCUT2D eigenvalue weighted by Crippen LogP contribution is -2.01. The highest BCUT2D eigenvalue weighted by Crippen LogP contribution is 2.33. The Morgan fingerprint density at radius 2 is 1.85 bits per heavy atom. The second kappa shape index (κ2) is 6.44. The van der Waals surface area contributed by atoms with E-state index in [1.165, 1.54) is 14.0 Å². The molecule has 2 rings (SSSR count). The van der Waals surface area contributed by atoms with Crippen molar-refractivity contribution in [1.82, 2.24) is 0 Å². The number of carbonyl (C=O) groups excluding carboxylic acids is 1. The molecule has 20 heavy (non-hydrogen) atoms. The third-order valence-corrected chi connectivity index (χ3v) is 3.17. The Labute approximate surface area is 123 Å². The standard InChI is InChI=1S/C16H15ClO3/c1-11(18)13-8-14(17)16(9-15(13)19-2)20-10-12-6-4-3-5-7-12/h3-9H,10H2,1-2H3. The first-order valence-corrected chi connectivity index (χ1v) is 6.55. The van der Waals surface area contributed by atoms with Crippen LogP contribution in [0.3, 0.4) is 0 Å². The van der Waals surface area contributed by atoms with Crippen molar-refractivity contribution in [1.29, 1.82) is 0 Å². The van der Waals surface area contributed by atoms with E-state index in [2.05, 4.69) is 0 Å². The molecule has 0 saturated heterocycles. The number of hydrogen-bond acceptors (Lipinski definition) is 3. The Morgan fingerprint density at radius 3 is 2.45 bits per heavy atom. The smallest absolute Gasteiger partial charge is 0.163 e. The molecule has 0 amide bonds. The second-order valence-electron chi connectivity index (χ2n) is 4.31. The summed E-state index contributed by atoms with van der Waals surface area (Å²) in [7, 11) is 1.51. The van der Waals surface area contributed by atoms with Crippen molar-refractivity contribution in [2.45, 2.75) is 13.5 Å². The molecule has 0 atom stereocenters. The number of benzene rings is 2. The predicted molar refractivity (Wildman–Crippen MR) is 78.8 cm³/mol. The molecule has 0 N–H and O–H groups in total. The summed E-state index contributed by atoms with van der Waals surface area (Å²) in [6, 6.07) is 13.0. The van der Waals surface area contributed by atoms with Gasteiger partial charge in [0.25, 0.3) is 0 Å². The molecule has 0 unspecified atom stereocenters. The van der Waals surface area contributed by atoms with Crippen molar-refractivity contribution in [3.63, 3.8) is 0 Å². The fourth-order valence-electron chi connectivity index (χ4n) is 1.82. The number of Topliss-reactive ketones (excluding diaryl/α,β-unsaturated/α-hetero) is 1. The van der Waals surface area contributed by atoms with Gasteiger partial charge in [-0.2, -0.15) is 0 Å². The number of ketones is 1. The summed E-state index contributed by atoms with van der Waals surface area (Å²) < 4.78 is 10.9. The first-order valence-electron chi connectivity index (χ1n) is 6.17. The van der Waals surface area contributed by atoms with Crippen molar-refractivity contribution in [2.24, 2.45) is 0 Å². The third-order valence-electron chi connectivity index (χ3n) is 2.87. The van der Waals surface area contributed by atoms with E-state index in [-0.39, 0.29) is 5.78 Å². The van der Waals surface area contributed by atoms with E-state index in [1.54, 1.807) is 12.1 Å². The van der Waals surface area contributed by atoms with Gasteiger partial charge in [-0.3, -0.25) is 4.79 Å². The van der Waals surface area contributed by atoms with E-state index < -0.39 is 0 Å². The molecule has 0 aliphatic carbocycles. The average molecular weight is 291 g/mol. The van der Waals surface area contributed by atoms with Crippen LogP contribution in [0, 0.1) is 0 Å². The van der Waals surface area contributed by atoms with Crippen LogP contribution in [0.5, 0.6) is 11.5 Å². The molecule has 0 saturated carbocycles. The first kappa shape index (κ1) is 14.4. The molecule has 0 aliphatic rings. The van der Waals surface area contributed by atoms with Gasteiger partial charge in [-0.05, 0) is 18.6 Å². The number of halogens is 1. The number of rotatable bonds is 5. The summed E-state index contributed by atoms with van der Waals surface area (Å²) in [6.45, 7) is 1.88. The summed E-state index contributed by atoms with van der Waals surface area (Å²) in [5.74, 6) is 0.862. The van der Waals surface area contributed by atoms with Gasteiger partial charge in [0, 0.05) is 6.07 Å². The maximum atomic E-state index is 11.5. The molecule has 0 spiro atoms. The van der Waals surface area contributed by atoms with Crippen molar-refractivity contribution >= 4 is 17.4 Å². The van der Waals surface area contributed by atoms with Crippen molar-refractivity contribution in [2.75, 3.05) is 7.11 Å². The lowest BCUT2D eigenvalue weighted by atomic mass is 10.1. The van der Waals surface area contributed by atoms with E-state index in [0.717, 1.165) is 5.56 Å². The van der Waals surface area contributed by atoms with Gasteiger partial charge in [0.2, 0.25) is 0 Å². The van der Waals surface area contributed by atoms with Crippen LogP contribution in [-0.4, -0.2) is 12.9 Å². The number of carbonyl (C=O) groups is 1. The van der Waals surface area contributed by atoms with Crippen molar-refractivity contribution < 1.29 is 14.3 Å².